The van der Waals surface area contributed by atoms with Gasteiger partial charge < -0.3 is 10.6 Å². The van der Waals surface area contributed by atoms with Gasteiger partial charge in [0.05, 0.1) is 10.2 Å². The number of hydrogen-bond acceptors (Lipinski definition) is 5. The van der Waals surface area contributed by atoms with Crippen LogP contribution in [0.15, 0.2) is 47.4 Å². The number of nitro benzene ring substituents is 1. The average Bonchev–Trinajstić information content (AvgIpc) is 3.50. The maximum absolute atomic E-state index is 12.6. The molecule has 0 heterocycles. The van der Waals surface area contributed by atoms with Gasteiger partial charge in [-0.3, -0.25) is 19.7 Å². The van der Waals surface area contributed by atoms with Gasteiger partial charge in [-0.25, -0.2) is 0 Å². The van der Waals surface area contributed by atoms with Crippen LogP contribution in [0, 0.1) is 23.0 Å². The highest BCUT2D eigenvalue weighted by Gasteiger charge is 2.29. The molecule has 1 aliphatic rings. The normalized spacial score (nSPS) is 14.2. The van der Waals surface area contributed by atoms with Gasteiger partial charge in [0, 0.05) is 34.3 Å². The minimum absolute atomic E-state index is 0.0159. The van der Waals surface area contributed by atoms with Crippen LogP contribution >= 0.6 is 11.8 Å². The summed E-state index contributed by atoms with van der Waals surface area (Å²) in [4.78, 5) is 35.5. The van der Waals surface area contributed by atoms with Crippen LogP contribution in [-0.2, 0) is 9.59 Å². The maximum atomic E-state index is 12.6. The number of rotatable bonds is 7. The number of aryl methyl sites for hydroxylation is 1. The van der Waals surface area contributed by atoms with Gasteiger partial charge in [-0.1, -0.05) is 6.07 Å². The third kappa shape index (κ3) is 5.10. The number of anilines is 2. The third-order valence-electron chi connectivity index (χ3n) is 4.44. The topological polar surface area (TPSA) is 101 Å². The molecule has 3 rings (SSSR count). The Hall–Kier alpha value is -2.87. The lowest BCUT2D eigenvalue weighted by Gasteiger charge is -2.15. The van der Waals surface area contributed by atoms with E-state index in [1.165, 1.54) is 23.9 Å². The van der Waals surface area contributed by atoms with Crippen molar-refractivity contribution in [2.24, 2.45) is 5.92 Å². The summed E-state index contributed by atoms with van der Waals surface area (Å²) in [5.41, 5.74) is 2.22. The summed E-state index contributed by atoms with van der Waals surface area (Å²) >= 11 is 1.32. The Kier molecular flexibility index (Phi) is 5.99. The molecule has 8 heteroatoms. The monoisotopic (exact) mass is 399 g/mol. The summed E-state index contributed by atoms with van der Waals surface area (Å²) in [5, 5.41) is 16.1. The molecule has 0 aromatic heterocycles. The Morgan fingerprint density at radius 3 is 2.43 bits per heavy atom. The van der Waals surface area contributed by atoms with Crippen molar-refractivity contribution in [3.8, 4) is 0 Å². The molecule has 2 N–H and O–H groups in total. The Labute approximate surface area is 167 Å². The van der Waals surface area contributed by atoms with E-state index in [1.807, 2.05) is 19.1 Å². The lowest BCUT2D eigenvalue weighted by molar-refractivity contribution is -0.384. The SMILES string of the molecule is Cc1ccc(NC(=O)C2CC2)cc1NC(=O)C(C)Sc1ccc([N+](=O)[O-])cc1. The predicted octanol–water partition coefficient (Wildman–Crippen LogP) is 4.37. The highest BCUT2D eigenvalue weighted by Crippen LogP contribution is 2.31. The average molecular weight is 399 g/mol. The van der Waals surface area contributed by atoms with Gasteiger partial charge in [0.15, 0.2) is 0 Å². The molecular formula is C20H21N3O4S. The number of amides is 2. The molecule has 0 bridgehead atoms. The van der Waals surface area contributed by atoms with E-state index < -0.39 is 10.2 Å². The largest absolute Gasteiger partial charge is 0.326 e. The summed E-state index contributed by atoms with van der Waals surface area (Å²) in [6, 6.07) is 11.5. The molecule has 1 aliphatic carbocycles. The number of hydrogen-bond donors (Lipinski definition) is 2. The molecule has 1 atom stereocenters. The Bertz CT molecular complexity index is 910. The number of non-ortho nitro benzene ring substituents is 1. The van der Waals surface area contributed by atoms with Crippen LogP contribution < -0.4 is 10.6 Å². The zero-order valence-electron chi connectivity index (χ0n) is 15.6. The summed E-state index contributed by atoms with van der Waals surface area (Å²) < 4.78 is 0. The van der Waals surface area contributed by atoms with Crippen molar-refractivity contribution >= 4 is 40.6 Å². The Morgan fingerprint density at radius 2 is 1.82 bits per heavy atom. The third-order valence-corrected chi connectivity index (χ3v) is 5.55. The van der Waals surface area contributed by atoms with Crippen molar-refractivity contribution in [3.05, 3.63) is 58.1 Å². The van der Waals surface area contributed by atoms with E-state index in [0.717, 1.165) is 23.3 Å². The van der Waals surface area contributed by atoms with Crippen molar-refractivity contribution < 1.29 is 14.5 Å². The standard InChI is InChI=1S/C20H21N3O4S/c1-12-3-6-15(21-20(25)14-4-5-14)11-18(12)22-19(24)13(2)28-17-9-7-16(8-10-17)23(26)27/h3,6-11,13-14H,4-5H2,1-2H3,(H,21,25)(H,22,24). The first kappa shape index (κ1) is 19.9. The van der Waals surface area contributed by atoms with E-state index >= 15 is 0 Å². The molecule has 0 spiro atoms. The van der Waals surface area contributed by atoms with E-state index in [-0.39, 0.29) is 23.4 Å². The minimum Gasteiger partial charge on any atom is -0.326 e. The van der Waals surface area contributed by atoms with Gasteiger partial charge in [0.25, 0.3) is 5.69 Å². The van der Waals surface area contributed by atoms with Crippen LogP contribution in [0.2, 0.25) is 0 Å². The summed E-state index contributed by atoms with van der Waals surface area (Å²) in [6.07, 6.45) is 1.86. The Balaban J connectivity index is 1.62. The molecule has 28 heavy (non-hydrogen) atoms. The van der Waals surface area contributed by atoms with Crippen LogP contribution in [-0.4, -0.2) is 22.0 Å². The molecule has 0 saturated heterocycles. The number of thioether (sulfide) groups is 1. The predicted molar refractivity (Wildman–Crippen MR) is 110 cm³/mol. The molecule has 7 nitrogen and oxygen atoms in total. The van der Waals surface area contributed by atoms with E-state index in [9.17, 15) is 19.7 Å². The second-order valence-electron chi connectivity index (χ2n) is 6.79. The van der Waals surface area contributed by atoms with Crippen LogP contribution in [0.25, 0.3) is 0 Å². The lowest BCUT2D eigenvalue weighted by Crippen LogP contribution is -2.23. The van der Waals surface area contributed by atoms with Crippen molar-refractivity contribution in [2.45, 2.75) is 36.8 Å². The van der Waals surface area contributed by atoms with Crippen molar-refractivity contribution in [3.63, 3.8) is 0 Å². The zero-order valence-corrected chi connectivity index (χ0v) is 16.4. The molecule has 2 aromatic rings. The fourth-order valence-electron chi connectivity index (χ4n) is 2.56. The highest BCUT2D eigenvalue weighted by molar-refractivity contribution is 8.00. The van der Waals surface area contributed by atoms with E-state index in [2.05, 4.69) is 10.6 Å². The fourth-order valence-corrected chi connectivity index (χ4v) is 3.43. The van der Waals surface area contributed by atoms with E-state index in [0.29, 0.717) is 11.4 Å². The van der Waals surface area contributed by atoms with Crippen molar-refractivity contribution in [2.75, 3.05) is 10.6 Å². The smallest absolute Gasteiger partial charge is 0.269 e. The van der Waals surface area contributed by atoms with Gasteiger partial charge >= 0.3 is 0 Å². The number of nitro groups is 1. The molecule has 0 radical (unpaired) electrons. The summed E-state index contributed by atoms with van der Waals surface area (Å²) in [7, 11) is 0. The minimum atomic E-state index is -0.456. The van der Waals surface area contributed by atoms with Crippen LogP contribution in [0.3, 0.4) is 0 Å². The van der Waals surface area contributed by atoms with Crippen LogP contribution in [0.5, 0.6) is 0 Å². The molecule has 0 aliphatic heterocycles. The van der Waals surface area contributed by atoms with Crippen LogP contribution in [0.1, 0.15) is 25.3 Å². The molecular weight excluding hydrogens is 378 g/mol. The first-order valence-corrected chi connectivity index (χ1v) is 9.85. The van der Waals surface area contributed by atoms with E-state index in [4.69, 9.17) is 0 Å². The second-order valence-corrected chi connectivity index (χ2v) is 8.21. The maximum Gasteiger partial charge on any atom is 0.269 e. The number of carbonyl (C=O) groups excluding carboxylic acids is 2. The molecule has 2 amide bonds. The van der Waals surface area contributed by atoms with Gasteiger partial charge in [-0.05, 0) is 56.5 Å². The van der Waals surface area contributed by atoms with Gasteiger partial charge in [0.2, 0.25) is 11.8 Å². The van der Waals surface area contributed by atoms with Gasteiger partial charge in [-0.15, -0.1) is 11.8 Å². The fraction of sp³-hybridized carbons (Fsp3) is 0.300. The zero-order chi connectivity index (χ0) is 20.3. The number of nitrogens with one attached hydrogen (secondary N) is 2. The summed E-state index contributed by atoms with van der Waals surface area (Å²) in [5.74, 6) is -0.0576. The number of nitrogens with zero attached hydrogens (tertiary/aromatic N) is 1. The molecule has 1 unspecified atom stereocenters. The first-order chi connectivity index (χ1) is 13.3. The van der Waals surface area contributed by atoms with E-state index in [1.54, 1.807) is 25.1 Å². The van der Waals surface area contributed by atoms with Gasteiger partial charge in [0.1, 0.15) is 0 Å². The molecule has 146 valence electrons. The number of carbonyl (C=O) groups is 2. The lowest BCUT2D eigenvalue weighted by atomic mass is 10.1. The number of benzene rings is 2. The van der Waals surface area contributed by atoms with Crippen molar-refractivity contribution in [1.29, 1.82) is 0 Å². The van der Waals surface area contributed by atoms with Crippen LogP contribution in [0.4, 0.5) is 17.1 Å². The van der Waals surface area contributed by atoms with Crippen molar-refractivity contribution in [1.82, 2.24) is 0 Å². The quantitative estimate of drug-likeness (QED) is 0.409. The highest BCUT2D eigenvalue weighted by atomic mass is 32.2. The molecule has 1 saturated carbocycles. The molecule has 1 fully saturated rings. The summed E-state index contributed by atoms with van der Waals surface area (Å²) in [6.45, 7) is 3.66. The van der Waals surface area contributed by atoms with Gasteiger partial charge in [-0.2, -0.15) is 0 Å². The molecule has 2 aromatic carbocycles. The first-order valence-electron chi connectivity index (χ1n) is 8.97. The second kappa shape index (κ2) is 8.43. The Morgan fingerprint density at radius 1 is 1.14 bits per heavy atom.